The van der Waals surface area contributed by atoms with Crippen LogP contribution in [0, 0.1) is 6.92 Å². The van der Waals surface area contributed by atoms with Crippen molar-refractivity contribution in [3.63, 3.8) is 0 Å². The normalized spacial score (nSPS) is 10.6. The number of hydrogen-bond acceptors (Lipinski definition) is 22. The second-order valence-electron chi connectivity index (χ2n) is 22.4. The number of nitrogens with two attached hydrogens (primary N) is 3. The Morgan fingerprint density at radius 3 is 0.903 bits per heavy atom. The van der Waals surface area contributed by atoms with Gasteiger partial charge in [0.2, 0.25) is 9.23 Å². The molecule has 32 heteroatoms. The van der Waals surface area contributed by atoms with Gasteiger partial charge in [0.15, 0.2) is 0 Å². The summed E-state index contributed by atoms with van der Waals surface area (Å²) in [6, 6.07) is 79.1. The fraction of sp³-hybridized carbons (Fsp3) is 0.222. The summed E-state index contributed by atoms with van der Waals surface area (Å²) in [7, 11) is 12.2. The molecule has 9 aromatic rings. The second kappa shape index (κ2) is 62.0. The molecule has 113 heavy (non-hydrogen) atoms. The van der Waals surface area contributed by atoms with Gasteiger partial charge in [-0.15, -0.1) is 0 Å². The molecule has 0 bridgehead atoms. The van der Waals surface area contributed by atoms with Crippen LogP contribution in [0.1, 0.15) is 36.1 Å². The number of carboxylic acid groups (broad SMARTS) is 3. The molecule has 0 aliphatic rings. The molecule has 3 amide bonds. The number of halogens is 2. The molecule has 0 unspecified atom stereocenters. The van der Waals surface area contributed by atoms with E-state index >= 15 is 0 Å². The molecule has 0 heterocycles. The van der Waals surface area contributed by atoms with E-state index in [1.54, 1.807) is 12.1 Å². The molecule has 0 aliphatic heterocycles. The molecule has 1 radical (unpaired) electrons. The van der Waals surface area contributed by atoms with Gasteiger partial charge >= 0.3 is 42.2 Å². The van der Waals surface area contributed by atoms with Gasteiger partial charge in [0.25, 0.3) is 11.9 Å². The SMILES string of the molecule is CC(=O)O.CC(=O)O.CO.COC(=O)[C@@H](N)CNc1ccc(-c2ccccc2)cc1.COC(=O)[C@H](CN)NC(=O)OCc1ccccc1.COC(=O)[C@H](CNc1ccc(-c2ccccc2)cc1)NC(=O)OCc1ccccc1.Cc1ccc(-c2ccccc2)cc1.NC[C@H](NC(=O)OCc1ccccc1)C(=O)O.O=S(Cl)Cl.[Cu]. The molecular weight excluding hydrogens is 1570 g/mol. The van der Waals surface area contributed by atoms with Gasteiger partial charge in [0, 0.05) is 96.9 Å². The van der Waals surface area contributed by atoms with Crippen LogP contribution < -0.4 is 43.8 Å². The third-order valence-electron chi connectivity index (χ3n) is 13.9. The van der Waals surface area contributed by atoms with Crippen molar-refractivity contribution in [3.8, 4) is 33.4 Å². The second-order valence-corrected chi connectivity index (χ2v) is 24.9. The maximum Gasteiger partial charge on any atom is 0.408 e. The molecule has 0 saturated heterocycles. The summed E-state index contributed by atoms with van der Waals surface area (Å²) in [6.45, 7) is 4.89. The van der Waals surface area contributed by atoms with E-state index in [0.717, 1.165) is 65.7 Å². The number of aryl methyl sites for hydroxylation is 1. The number of alkyl carbamates (subject to hydrolysis) is 3. The number of nitrogens with one attached hydrogen (secondary N) is 5. The van der Waals surface area contributed by atoms with Crippen LogP contribution in [0.25, 0.3) is 33.4 Å². The van der Waals surface area contributed by atoms with E-state index < -0.39 is 87.5 Å². The number of aliphatic hydroxyl groups is 1. The van der Waals surface area contributed by atoms with Gasteiger partial charge in [0.05, 0.1) is 21.3 Å². The van der Waals surface area contributed by atoms with Crippen molar-refractivity contribution < 1.29 is 113 Å². The van der Waals surface area contributed by atoms with Crippen LogP contribution in [-0.4, -0.2) is 158 Å². The van der Waals surface area contributed by atoms with E-state index in [2.05, 4.69) is 125 Å². The van der Waals surface area contributed by atoms with Crippen molar-refractivity contribution in [1.82, 2.24) is 16.0 Å². The number of aliphatic hydroxyl groups excluding tert-OH is 1. The Kier molecular flexibility index (Phi) is 55.6. The van der Waals surface area contributed by atoms with Gasteiger partial charge in [-0.1, -0.05) is 236 Å². The zero-order valence-electron chi connectivity index (χ0n) is 63.0. The largest absolute Gasteiger partial charge is 0.481 e. The molecule has 4 atom stereocenters. The number of carbonyl (C=O) groups excluding carboxylic acids is 6. The quantitative estimate of drug-likeness (QED) is 0.0116. The molecule has 0 aliphatic carbocycles. The number of amides is 3. The van der Waals surface area contributed by atoms with Crippen molar-refractivity contribution in [1.29, 1.82) is 0 Å². The Morgan fingerprint density at radius 1 is 0.389 bits per heavy atom. The number of carboxylic acids is 3. The minimum atomic E-state index is -1.67. The molecule has 9 aromatic carbocycles. The first-order valence-corrected chi connectivity index (χ1v) is 36.5. The average Bonchev–Trinajstić information content (AvgIpc) is 0.878. The third-order valence-corrected chi connectivity index (χ3v) is 13.9. The number of benzene rings is 9. The van der Waals surface area contributed by atoms with E-state index in [-0.39, 0.29) is 56.5 Å². The first kappa shape index (κ1) is 101. The smallest absolute Gasteiger partial charge is 0.408 e. The van der Waals surface area contributed by atoms with Crippen LogP contribution in [-0.2, 0) is 103 Å². The Hall–Kier alpha value is -11.7. The molecule has 28 nitrogen and oxygen atoms in total. The van der Waals surface area contributed by atoms with Gasteiger partial charge in [-0.05, 0) is 81.3 Å². The van der Waals surface area contributed by atoms with Gasteiger partial charge in [0.1, 0.15) is 44.0 Å². The van der Waals surface area contributed by atoms with Crippen LogP contribution in [0.5, 0.6) is 0 Å². The monoisotopic (exact) mass is 1670 g/mol. The summed E-state index contributed by atoms with van der Waals surface area (Å²) in [5, 5.41) is 43.8. The summed E-state index contributed by atoms with van der Waals surface area (Å²) in [5.41, 5.74) is 28.9. The van der Waals surface area contributed by atoms with Gasteiger partial charge in [-0.3, -0.25) is 14.4 Å². The molecule has 15 N–H and O–H groups in total. The van der Waals surface area contributed by atoms with E-state index in [9.17, 15) is 33.6 Å². The summed E-state index contributed by atoms with van der Waals surface area (Å²) >= 11 is 0. The first-order chi connectivity index (χ1) is 53.7. The topological polar surface area (TPSA) is 445 Å². The number of rotatable bonds is 24. The Balaban J connectivity index is 0.00000135. The number of carbonyl (C=O) groups is 9. The van der Waals surface area contributed by atoms with Crippen LogP contribution >= 0.6 is 21.4 Å². The number of anilines is 2. The number of hydrogen-bond donors (Lipinski definition) is 12. The van der Waals surface area contributed by atoms with E-state index in [1.165, 1.54) is 43.6 Å². The zero-order chi connectivity index (χ0) is 83.4. The molecule has 0 saturated carbocycles. The van der Waals surface area contributed by atoms with Crippen LogP contribution in [0.3, 0.4) is 0 Å². The van der Waals surface area contributed by atoms with Gasteiger partial charge in [-0.2, -0.15) is 0 Å². The van der Waals surface area contributed by atoms with Gasteiger partial charge in [-0.25, -0.2) is 33.0 Å². The van der Waals surface area contributed by atoms with Crippen molar-refractivity contribution in [3.05, 3.63) is 277 Å². The summed E-state index contributed by atoms with van der Waals surface area (Å²) in [4.78, 5) is 97.7. The third kappa shape index (κ3) is 48.5. The summed E-state index contributed by atoms with van der Waals surface area (Å²) in [6.07, 6.45) is -2.19. The number of ether oxygens (including phenoxy) is 6. The van der Waals surface area contributed by atoms with Gasteiger partial charge < -0.3 is 92.6 Å². The standard InChI is InChI=1S/C24H24N2O4.C16H18N2O2.C13H12.C12H16N2O4.C11H14N2O4.2C2H4O2.CH4O.Cl2OS.Cu/c1-29-23(27)22(26-24(28)30-17-18-8-4-2-5-9-18)16-25-21-14-12-20(13-15-21)19-10-6-3-7-11-19;1-20-16(19)15(17)11-18-14-9-7-13(8-10-14)12-5-3-2-4-6-12;1-11-7-9-13(10-8-11)12-5-3-2-4-6-12;1-17-11(15)10(7-13)14-12(16)18-8-9-5-3-2-4-6-9;12-6-9(10(14)15)13-11(16)17-7-8-4-2-1-3-5-8;2*1-2(3)4;1-2;1-4(2)3;/h2-15,22,25H,16-17H2,1H3,(H,26,28);2-10,15,18H,11,17H2,1H3;2-10H,1H3;2-6,10H,7-8,13H2,1H3,(H,14,16);1-5,9H,6-7,12H2,(H,13,16)(H,14,15);2*1H3,(H,3,4);2H,1H3;;/t22-;15-;;10-;9-;;;;;/m00.00...../s1. The maximum absolute atomic E-state index is 12.1. The summed E-state index contributed by atoms with van der Waals surface area (Å²) in [5.74, 6) is -4.43. The van der Waals surface area contributed by atoms with Crippen molar-refractivity contribution in [2.45, 2.75) is 64.8 Å². The predicted molar refractivity (Wildman–Crippen MR) is 432 cm³/mol. The minimum Gasteiger partial charge on any atom is -0.481 e. The van der Waals surface area contributed by atoms with E-state index in [1.807, 2.05) is 182 Å². The number of esters is 3. The predicted octanol–water partition coefficient (Wildman–Crippen LogP) is 11.7. The summed E-state index contributed by atoms with van der Waals surface area (Å²) < 4.78 is 37.9. The van der Waals surface area contributed by atoms with Crippen molar-refractivity contribution in [2.75, 3.05) is 65.3 Å². The zero-order valence-corrected chi connectivity index (χ0v) is 66.3. The van der Waals surface area contributed by atoms with Crippen molar-refractivity contribution in [2.24, 2.45) is 17.2 Å². The van der Waals surface area contributed by atoms with Crippen LogP contribution in [0.4, 0.5) is 25.8 Å². The minimum absolute atomic E-state index is 0. The molecule has 9 rings (SSSR count). The maximum atomic E-state index is 12.1. The molecule has 611 valence electrons. The molecule has 0 fully saturated rings. The number of methoxy groups -OCH3 is 3. The fourth-order valence-electron chi connectivity index (χ4n) is 8.52. The Labute approximate surface area is 678 Å². The average molecular weight is 1670 g/mol. The molecule has 0 spiro atoms. The van der Waals surface area contributed by atoms with E-state index in [0.29, 0.717) is 6.54 Å². The first-order valence-electron chi connectivity index (χ1n) is 33.7. The van der Waals surface area contributed by atoms with Crippen molar-refractivity contribution >= 4 is 96.1 Å². The Morgan fingerprint density at radius 2 is 0.628 bits per heavy atom. The molecule has 0 aromatic heterocycles. The fourth-order valence-corrected chi connectivity index (χ4v) is 8.52. The van der Waals surface area contributed by atoms with Crippen LogP contribution in [0.2, 0.25) is 0 Å². The Bertz CT molecular complexity index is 4110. The van der Waals surface area contributed by atoms with Crippen LogP contribution in [0.15, 0.2) is 255 Å². The van der Waals surface area contributed by atoms with E-state index in [4.69, 9.17) is 70.4 Å². The molecular formula is C81H96Cl2CuN8O20S. The number of aliphatic carboxylic acids is 3.